The van der Waals surface area contributed by atoms with E-state index in [1.807, 2.05) is 13.0 Å². The van der Waals surface area contributed by atoms with E-state index in [9.17, 15) is 0 Å². The topological polar surface area (TPSA) is 41.5 Å². The van der Waals surface area contributed by atoms with E-state index < -0.39 is 0 Å². The zero-order valence-electron chi connectivity index (χ0n) is 15.5. The predicted molar refractivity (Wildman–Crippen MR) is 108 cm³/mol. The fourth-order valence-electron chi connectivity index (χ4n) is 3.52. The monoisotopic (exact) mass is 368 g/mol. The Balaban J connectivity index is 1.78. The minimum Gasteiger partial charge on any atom is -0.373 e. The molecule has 6 heteroatoms. The molecule has 5 nitrogen and oxygen atoms in total. The average molecular weight is 369 g/mol. The lowest BCUT2D eigenvalue weighted by Gasteiger charge is -2.35. The van der Waals surface area contributed by atoms with Crippen LogP contribution in [0.3, 0.4) is 0 Å². The number of aryl methyl sites for hydroxylation is 1. The second-order valence-electron chi connectivity index (χ2n) is 6.99. The Morgan fingerprint density at radius 2 is 2.04 bits per heavy atom. The molecule has 1 aliphatic heterocycles. The smallest absolute Gasteiger partial charge is 0.141 e. The second-order valence-corrected chi connectivity index (χ2v) is 7.85. The van der Waals surface area contributed by atoms with Gasteiger partial charge in [-0.1, -0.05) is 30.3 Å². The van der Waals surface area contributed by atoms with E-state index in [0.717, 1.165) is 48.1 Å². The van der Waals surface area contributed by atoms with Gasteiger partial charge in [0, 0.05) is 30.6 Å². The summed E-state index contributed by atoms with van der Waals surface area (Å²) in [6.07, 6.45) is 0.197. The highest BCUT2D eigenvalue weighted by Crippen LogP contribution is 2.38. The van der Waals surface area contributed by atoms with Gasteiger partial charge in [0.2, 0.25) is 0 Å². The van der Waals surface area contributed by atoms with Crippen LogP contribution in [0.5, 0.6) is 0 Å². The maximum atomic E-state index is 5.96. The van der Waals surface area contributed by atoms with E-state index >= 15 is 0 Å². The third kappa shape index (κ3) is 3.45. The van der Waals surface area contributed by atoms with Crippen LogP contribution < -0.4 is 4.90 Å². The minimum atomic E-state index is 0.197. The molecule has 0 aliphatic carbocycles. The van der Waals surface area contributed by atoms with Crippen molar-refractivity contribution < 1.29 is 4.74 Å². The summed E-state index contributed by atoms with van der Waals surface area (Å²) in [6.45, 7) is 5.34. The molecule has 1 fully saturated rings. The zero-order valence-corrected chi connectivity index (χ0v) is 16.3. The lowest BCUT2D eigenvalue weighted by Crippen LogP contribution is -2.47. The molecular formula is C20H24N4OS. The van der Waals surface area contributed by atoms with Crippen molar-refractivity contribution in [1.29, 1.82) is 0 Å². The lowest BCUT2D eigenvalue weighted by atomic mass is 10.1. The molecule has 1 atom stereocenters. The Bertz CT molecular complexity index is 893. The van der Waals surface area contributed by atoms with Crippen LogP contribution in [0, 0.1) is 6.92 Å². The summed E-state index contributed by atoms with van der Waals surface area (Å²) in [5.41, 5.74) is 2.43. The Morgan fingerprint density at radius 3 is 2.81 bits per heavy atom. The van der Waals surface area contributed by atoms with Crippen LogP contribution >= 0.6 is 11.3 Å². The van der Waals surface area contributed by atoms with E-state index in [1.165, 1.54) is 11.1 Å². The van der Waals surface area contributed by atoms with Crippen molar-refractivity contribution in [2.24, 2.45) is 0 Å². The highest BCUT2D eigenvalue weighted by atomic mass is 32.1. The van der Waals surface area contributed by atoms with Crippen molar-refractivity contribution in [1.82, 2.24) is 14.9 Å². The lowest BCUT2D eigenvalue weighted by molar-refractivity contribution is 0.0246. The standard InChI is InChI=1S/C20H24N4OS/c1-14-21-19(24-9-10-25-16(12-24)11-23(2)3)18-17(13-26-20(18)22-14)15-7-5-4-6-8-15/h4-8,13,16H,9-12H2,1-3H3. The Labute approximate surface area is 158 Å². The van der Waals surface area contributed by atoms with Gasteiger partial charge in [0.05, 0.1) is 18.1 Å². The molecule has 0 amide bonds. The molecule has 0 radical (unpaired) electrons. The molecule has 1 saturated heterocycles. The fraction of sp³-hybridized carbons (Fsp3) is 0.400. The highest BCUT2D eigenvalue weighted by Gasteiger charge is 2.25. The first kappa shape index (κ1) is 17.4. The van der Waals surface area contributed by atoms with Crippen LogP contribution in [-0.2, 0) is 4.74 Å². The van der Waals surface area contributed by atoms with Crippen LogP contribution in [0.2, 0.25) is 0 Å². The van der Waals surface area contributed by atoms with Gasteiger partial charge in [-0.05, 0) is 26.6 Å². The molecule has 1 aliphatic rings. The quantitative estimate of drug-likeness (QED) is 0.706. The van der Waals surface area contributed by atoms with Crippen LogP contribution in [-0.4, -0.2) is 61.3 Å². The molecule has 136 valence electrons. The highest BCUT2D eigenvalue weighted by molar-refractivity contribution is 7.17. The first-order valence-corrected chi connectivity index (χ1v) is 9.82. The molecule has 26 heavy (non-hydrogen) atoms. The van der Waals surface area contributed by atoms with Gasteiger partial charge in [-0.3, -0.25) is 0 Å². The summed E-state index contributed by atoms with van der Waals surface area (Å²) in [6, 6.07) is 10.5. The zero-order chi connectivity index (χ0) is 18.1. The maximum absolute atomic E-state index is 5.96. The number of benzene rings is 1. The normalized spacial score (nSPS) is 18.0. The number of fused-ring (bicyclic) bond motifs is 1. The van der Waals surface area contributed by atoms with Crippen LogP contribution in [0.4, 0.5) is 5.82 Å². The molecule has 0 bridgehead atoms. The second kappa shape index (κ2) is 7.31. The third-order valence-electron chi connectivity index (χ3n) is 4.62. The third-order valence-corrected chi connectivity index (χ3v) is 5.49. The summed E-state index contributed by atoms with van der Waals surface area (Å²) in [7, 11) is 4.17. The van der Waals surface area contributed by atoms with E-state index in [2.05, 4.69) is 58.5 Å². The summed E-state index contributed by atoms with van der Waals surface area (Å²) in [5, 5.41) is 3.37. The molecular weight excluding hydrogens is 344 g/mol. The van der Waals surface area contributed by atoms with E-state index in [4.69, 9.17) is 9.72 Å². The number of nitrogens with zero attached hydrogens (tertiary/aromatic N) is 4. The first-order valence-electron chi connectivity index (χ1n) is 8.94. The molecule has 0 N–H and O–H groups in total. The van der Waals surface area contributed by atoms with Gasteiger partial charge in [-0.25, -0.2) is 9.97 Å². The number of rotatable bonds is 4. The number of likely N-dealkylation sites (N-methyl/N-ethyl adjacent to an activating group) is 1. The van der Waals surface area contributed by atoms with Crippen molar-refractivity contribution in [3.63, 3.8) is 0 Å². The summed E-state index contributed by atoms with van der Waals surface area (Å²) in [4.78, 5) is 15.1. The molecule has 1 unspecified atom stereocenters. The number of anilines is 1. The Kier molecular flexibility index (Phi) is 4.89. The number of morpholine rings is 1. The number of thiophene rings is 1. The van der Waals surface area contributed by atoms with Gasteiger partial charge >= 0.3 is 0 Å². The molecule has 0 saturated carbocycles. The maximum Gasteiger partial charge on any atom is 0.141 e. The van der Waals surface area contributed by atoms with Crippen LogP contribution in [0.25, 0.3) is 21.3 Å². The molecule has 3 aromatic rings. The van der Waals surface area contributed by atoms with Crippen molar-refractivity contribution in [2.45, 2.75) is 13.0 Å². The number of ether oxygens (including phenoxy) is 1. The van der Waals surface area contributed by atoms with Crippen molar-refractivity contribution >= 4 is 27.4 Å². The van der Waals surface area contributed by atoms with Gasteiger partial charge in [0.15, 0.2) is 0 Å². The van der Waals surface area contributed by atoms with Gasteiger partial charge < -0.3 is 14.5 Å². The predicted octanol–water partition coefficient (Wildman–Crippen LogP) is 3.43. The molecule has 2 aromatic heterocycles. The van der Waals surface area contributed by atoms with Gasteiger partial charge in [-0.15, -0.1) is 11.3 Å². The summed E-state index contributed by atoms with van der Waals surface area (Å²) >= 11 is 1.70. The summed E-state index contributed by atoms with van der Waals surface area (Å²) < 4.78 is 5.96. The van der Waals surface area contributed by atoms with Crippen LogP contribution in [0.15, 0.2) is 35.7 Å². The molecule has 0 spiro atoms. The number of hydrogen-bond donors (Lipinski definition) is 0. The fourth-order valence-corrected chi connectivity index (χ4v) is 4.50. The minimum absolute atomic E-state index is 0.197. The largest absolute Gasteiger partial charge is 0.373 e. The van der Waals surface area contributed by atoms with Gasteiger partial charge in [0.1, 0.15) is 16.5 Å². The Hall–Kier alpha value is -2.02. The SMILES string of the molecule is Cc1nc(N2CCOC(CN(C)C)C2)c2c(-c3ccccc3)csc2n1. The van der Waals surface area contributed by atoms with Gasteiger partial charge in [-0.2, -0.15) is 0 Å². The first-order chi connectivity index (χ1) is 12.6. The van der Waals surface area contributed by atoms with Gasteiger partial charge in [0.25, 0.3) is 0 Å². The van der Waals surface area contributed by atoms with Crippen molar-refractivity contribution in [3.8, 4) is 11.1 Å². The van der Waals surface area contributed by atoms with E-state index in [-0.39, 0.29) is 6.10 Å². The van der Waals surface area contributed by atoms with Crippen molar-refractivity contribution in [2.75, 3.05) is 45.2 Å². The van der Waals surface area contributed by atoms with Crippen LogP contribution in [0.1, 0.15) is 5.82 Å². The Morgan fingerprint density at radius 1 is 1.23 bits per heavy atom. The molecule has 4 rings (SSSR count). The number of hydrogen-bond acceptors (Lipinski definition) is 6. The van der Waals surface area contributed by atoms with E-state index in [1.54, 1.807) is 11.3 Å². The van der Waals surface area contributed by atoms with E-state index in [0.29, 0.717) is 0 Å². The average Bonchev–Trinajstić information content (AvgIpc) is 3.05. The molecule has 1 aromatic carbocycles. The van der Waals surface area contributed by atoms with Crippen molar-refractivity contribution in [3.05, 3.63) is 41.5 Å². The summed E-state index contributed by atoms with van der Waals surface area (Å²) in [5.74, 6) is 1.87. The molecule has 3 heterocycles. The number of aromatic nitrogens is 2.